The molecule has 1 heterocycles. The minimum absolute atomic E-state index is 0.0868. The second kappa shape index (κ2) is 4.81. The Hall–Kier alpha value is -2.22. The first-order valence-corrected chi connectivity index (χ1v) is 5.74. The van der Waals surface area contributed by atoms with E-state index in [1.54, 1.807) is 0 Å². The maximum Gasteiger partial charge on any atom is 0.342 e. The number of aromatic amines is 1. The summed E-state index contributed by atoms with van der Waals surface area (Å²) in [5.74, 6) is -2.09. The molecule has 0 aliphatic carbocycles. The standard InChI is InChI=1S/C11H6BrFN2O4/c12-7-2-1-5(13)3-8(7)15-4-6(10(17)18)9(16)14-11(15)19/h1-4H,(H,17,18)(H,14,16,19). The Labute approximate surface area is 113 Å². The summed E-state index contributed by atoms with van der Waals surface area (Å²) >= 11 is 3.12. The summed E-state index contributed by atoms with van der Waals surface area (Å²) in [6.45, 7) is 0. The largest absolute Gasteiger partial charge is 0.477 e. The Balaban J connectivity index is 2.79. The molecular weight excluding hydrogens is 323 g/mol. The number of carbonyl (C=O) groups is 1. The highest BCUT2D eigenvalue weighted by Crippen LogP contribution is 2.20. The van der Waals surface area contributed by atoms with Crippen molar-refractivity contribution in [3.8, 4) is 5.69 Å². The molecule has 0 aliphatic heterocycles. The number of nitrogens with one attached hydrogen (secondary N) is 1. The van der Waals surface area contributed by atoms with Gasteiger partial charge in [-0.2, -0.15) is 0 Å². The van der Waals surface area contributed by atoms with Crippen molar-refractivity contribution in [1.29, 1.82) is 0 Å². The van der Waals surface area contributed by atoms with Gasteiger partial charge in [0.15, 0.2) is 0 Å². The predicted molar refractivity (Wildman–Crippen MR) is 67.3 cm³/mol. The fourth-order valence-corrected chi connectivity index (χ4v) is 1.91. The lowest BCUT2D eigenvalue weighted by Gasteiger charge is -2.08. The Kier molecular flexibility index (Phi) is 3.34. The highest BCUT2D eigenvalue weighted by molar-refractivity contribution is 9.10. The number of aromatic nitrogens is 2. The quantitative estimate of drug-likeness (QED) is 0.864. The number of carboxylic acids is 1. The Morgan fingerprint density at radius 1 is 1.37 bits per heavy atom. The highest BCUT2D eigenvalue weighted by atomic mass is 79.9. The topological polar surface area (TPSA) is 92.2 Å². The molecule has 0 fully saturated rings. The second-order valence-corrected chi connectivity index (χ2v) is 4.43. The van der Waals surface area contributed by atoms with Crippen LogP contribution in [0.5, 0.6) is 0 Å². The molecule has 8 heteroatoms. The average Bonchev–Trinajstić information content (AvgIpc) is 2.32. The Morgan fingerprint density at radius 2 is 2.05 bits per heavy atom. The van der Waals surface area contributed by atoms with Crippen LogP contribution in [0.4, 0.5) is 4.39 Å². The van der Waals surface area contributed by atoms with Crippen molar-refractivity contribution in [1.82, 2.24) is 9.55 Å². The van der Waals surface area contributed by atoms with Crippen LogP contribution >= 0.6 is 15.9 Å². The van der Waals surface area contributed by atoms with Crippen LogP contribution in [0, 0.1) is 5.82 Å². The van der Waals surface area contributed by atoms with E-state index in [2.05, 4.69) is 15.9 Å². The van der Waals surface area contributed by atoms with Crippen LogP contribution in [0.25, 0.3) is 5.69 Å². The van der Waals surface area contributed by atoms with Crippen LogP contribution in [-0.4, -0.2) is 20.6 Å². The fourth-order valence-electron chi connectivity index (χ4n) is 1.47. The molecule has 6 nitrogen and oxygen atoms in total. The van der Waals surface area contributed by atoms with Crippen molar-refractivity contribution < 1.29 is 14.3 Å². The molecule has 0 saturated carbocycles. The minimum Gasteiger partial charge on any atom is -0.477 e. The SMILES string of the molecule is O=C(O)c1cn(-c2cc(F)ccc2Br)c(=O)[nH]c1=O. The summed E-state index contributed by atoms with van der Waals surface area (Å²) in [7, 11) is 0. The van der Waals surface area contributed by atoms with Gasteiger partial charge in [0.05, 0.1) is 5.69 Å². The maximum atomic E-state index is 13.2. The van der Waals surface area contributed by atoms with Crippen molar-refractivity contribution in [3.63, 3.8) is 0 Å². The van der Waals surface area contributed by atoms with Crippen LogP contribution in [0.3, 0.4) is 0 Å². The van der Waals surface area contributed by atoms with Crippen molar-refractivity contribution in [2.45, 2.75) is 0 Å². The molecule has 0 amide bonds. The van der Waals surface area contributed by atoms with Gasteiger partial charge in [-0.1, -0.05) is 0 Å². The van der Waals surface area contributed by atoms with Crippen LogP contribution < -0.4 is 11.2 Å². The minimum atomic E-state index is -1.48. The lowest BCUT2D eigenvalue weighted by molar-refractivity contribution is 0.0694. The molecule has 2 rings (SSSR count). The Morgan fingerprint density at radius 3 is 2.68 bits per heavy atom. The zero-order chi connectivity index (χ0) is 14.2. The molecule has 2 N–H and O–H groups in total. The third kappa shape index (κ3) is 2.48. The summed E-state index contributed by atoms with van der Waals surface area (Å²) in [6, 6.07) is 3.57. The van der Waals surface area contributed by atoms with Gasteiger partial charge in [0.2, 0.25) is 0 Å². The van der Waals surface area contributed by atoms with E-state index >= 15 is 0 Å². The number of nitrogens with zero attached hydrogens (tertiary/aromatic N) is 1. The number of halogens is 2. The van der Waals surface area contributed by atoms with E-state index in [4.69, 9.17) is 5.11 Å². The zero-order valence-electron chi connectivity index (χ0n) is 9.18. The van der Waals surface area contributed by atoms with Gasteiger partial charge in [-0.05, 0) is 34.1 Å². The predicted octanol–water partition coefficient (Wildman–Crippen LogP) is 1.13. The molecule has 0 spiro atoms. The van der Waals surface area contributed by atoms with Crippen molar-refractivity contribution in [3.05, 3.63) is 61.1 Å². The summed E-state index contributed by atoms with van der Waals surface area (Å²) in [6.07, 6.45) is 0.850. The first-order chi connectivity index (χ1) is 8.90. The number of aromatic carboxylic acids is 1. The van der Waals surface area contributed by atoms with E-state index in [1.807, 2.05) is 4.98 Å². The van der Waals surface area contributed by atoms with Gasteiger partial charge in [0.25, 0.3) is 5.56 Å². The van der Waals surface area contributed by atoms with E-state index < -0.39 is 28.6 Å². The third-order valence-corrected chi connectivity index (χ3v) is 3.01. The molecule has 0 saturated heterocycles. The lowest BCUT2D eigenvalue weighted by Crippen LogP contribution is -2.32. The van der Waals surface area contributed by atoms with Crippen molar-refractivity contribution >= 4 is 21.9 Å². The molecule has 1 aromatic heterocycles. The van der Waals surface area contributed by atoms with Gasteiger partial charge in [0.1, 0.15) is 11.4 Å². The van der Waals surface area contributed by atoms with Crippen molar-refractivity contribution in [2.75, 3.05) is 0 Å². The molecule has 2 aromatic rings. The number of hydrogen-bond acceptors (Lipinski definition) is 3. The normalized spacial score (nSPS) is 10.4. The first-order valence-electron chi connectivity index (χ1n) is 4.95. The van der Waals surface area contributed by atoms with Crippen LogP contribution in [0.1, 0.15) is 10.4 Å². The van der Waals surface area contributed by atoms with Crippen molar-refractivity contribution in [2.24, 2.45) is 0 Å². The number of H-pyrrole nitrogens is 1. The van der Waals surface area contributed by atoms with Gasteiger partial charge in [-0.15, -0.1) is 0 Å². The fraction of sp³-hybridized carbons (Fsp3) is 0. The van der Waals surface area contributed by atoms with E-state index in [-0.39, 0.29) is 5.69 Å². The highest BCUT2D eigenvalue weighted by Gasteiger charge is 2.14. The molecule has 98 valence electrons. The van der Waals surface area contributed by atoms with Crippen LogP contribution in [0.15, 0.2) is 38.5 Å². The third-order valence-electron chi connectivity index (χ3n) is 2.34. The van der Waals surface area contributed by atoms with E-state index in [0.717, 1.165) is 16.8 Å². The molecule has 19 heavy (non-hydrogen) atoms. The summed E-state index contributed by atoms with van der Waals surface area (Å²) < 4.78 is 14.4. The van der Waals surface area contributed by atoms with E-state index in [0.29, 0.717) is 4.47 Å². The van der Waals surface area contributed by atoms with E-state index in [9.17, 15) is 18.8 Å². The van der Waals surface area contributed by atoms with E-state index in [1.165, 1.54) is 12.1 Å². The molecule has 0 unspecified atom stereocenters. The van der Waals surface area contributed by atoms with Gasteiger partial charge in [-0.25, -0.2) is 14.0 Å². The molecule has 0 radical (unpaired) electrons. The monoisotopic (exact) mass is 328 g/mol. The Bertz CT molecular complexity index is 781. The van der Waals surface area contributed by atoms with Crippen LogP contribution in [-0.2, 0) is 0 Å². The number of hydrogen-bond donors (Lipinski definition) is 2. The molecule has 0 bridgehead atoms. The molecule has 0 aliphatic rings. The van der Waals surface area contributed by atoms with Crippen LogP contribution in [0.2, 0.25) is 0 Å². The average molecular weight is 329 g/mol. The second-order valence-electron chi connectivity index (χ2n) is 3.57. The summed E-state index contributed by atoms with van der Waals surface area (Å²) in [5.41, 5.74) is -2.40. The zero-order valence-corrected chi connectivity index (χ0v) is 10.8. The first kappa shape index (κ1) is 13.2. The molecular formula is C11H6BrFN2O4. The molecule has 0 atom stereocenters. The summed E-state index contributed by atoms with van der Waals surface area (Å²) in [4.78, 5) is 35.6. The van der Waals surface area contributed by atoms with Gasteiger partial charge in [0, 0.05) is 10.7 Å². The lowest BCUT2D eigenvalue weighted by atomic mass is 10.3. The van der Waals surface area contributed by atoms with Gasteiger partial charge < -0.3 is 5.11 Å². The smallest absolute Gasteiger partial charge is 0.342 e. The maximum absolute atomic E-state index is 13.2. The number of carboxylic acid groups (broad SMARTS) is 1. The number of rotatable bonds is 2. The number of benzene rings is 1. The summed E-state index contributed by atoms with van der Waals surface area (Å²) in [5, 5.41) is 8.83. The van der Waals surface area contributed by atoms with Gasteiger partial charge in [-0.3, -0.25) is 14.3 Å². The molecule has 1 aromatic carbocycles. The van der Waals surface area contributed by atoms with Gasteiger partial charge >= 0.3 is 11.7 Å².